The molecule has 0 radical (unpaired) electrons. The molecule has 104 valence electrons. The number of carbonyl (C=O) groups is 1. The van der Waals surface area contributed by atoms with Crippen LogP contribution >= 0.6 is 11.8 Å². The van der Waals surface area contributed by atoms with Gasteiger partial charge in [-0.05, 0) is 24.6 Å². The predicted octanol–water partition coefficient (Wildman–Crippen LogP) is 4.26. The van der Waals surface area contributed by atoms with Gasteiger partial charge in [-0.2, -0.15) is 11.8 Å². The summed E-state index contributed by atoms with van der Waals surface area (Å²) in [5.41, 5.74) is 3.37. The van der Waals surface area contributed by atoms with E-state index < -0.39 is 0 Å². The lowest BCUT2D eigenvalue weighted by atomic mass is 10.2. The van der Waals surface area contributed by atoms with Crippen molar-refractivity contribution in [3.8, 4) is 0 Å². The van der Waals surface area contributed by atoms with Crippen molar-refractivity contribution in [3.63, 3.8) is 0 Å². The van der Waals surface area contributed by atoms with Crippen molar-refractivity contribution < 1.29 is 4.79 Å². The van der Waals surface area contributed by atoms with Crippen LogP contribution < -0.4 is 5.32 Å². The molecule has 0 unspecified atom stereocenters. The van der Waals surface area contributed by atoms with Crippen LogP contribution in [0.3, 0.4) is 0 Å². The monoisotopic (exact) mass is 285 g/mol. The smallest absolute Gasteiger partial charge is 0.225 e. The second kappa shape index (κ2) is 7.75. The van der Waals surface area contributed by atoms with Crippen molar-refractivity contribution >= 4 is 23.4 Å². The summed E-state index contributed by atoms with van der Waals surface area (Å²) in [7, 11) is 0. The number of hydrogen-bond acceptors (Lipinski definition) is 2. The molecule has 2 rings (SSSR count). The highest BCUT2D eigenvalue weighted by Crippen LogP contribution is 2.14. The first-order valence-electron chi connectivity index (χ1n) is 6.72. The Morgan fingerprint density at radius 1 is 1.05 bits per heavy atom. The zero-order valence-electron chi connectivity index (χ0n) is 11.6. The fourth-order valence-corrected chi connectivity index (χ4v) is 2.69. The molecule has 0 fully saturated rings. The largest absolute Gasteiger partial charge is 0.326 e. The minimum atomic E-state index is 0.0782. The minimum absolute atomic E-state index is 0.0782. The number of hydrogen-bond donors (Lipinski definition) is 1. The van der Waals surface area contributed by atoms with Crippen LogP contribution in [-0.2, 0) is 10.5 Å². The molecule has 2 aromatic carbocycles. The van der Waals surface area contributed by atoms with Crippen molar-refractivity contribution in [1.82, 2.24) is 0 Å². The topological polar surface area (TPSA) is 29.1 Å². The summed E-state index contributed by atoms with van der Waals surface area (Å²) in [5.74, 6) is 1.88. The van der Waals surface area contributed by atoms with Crippen molar-refractivity contribution in [1.29, 1.82) is 0 Å². The van der Waals surface area contributed by atoms with Crippen LogP contribution in [0.4, 0.5) is 5.69 Å². The molecule has 20 heavy (non-hydrogen) atoms. The second-order valence-electron chi connectivity index (χ2n) is 4.70. The first kappa shape index (κ1) is 14.7. The summed E-state index contributed by atoms with van der Waals surface area (Å²) in [6.45, 7) is 2.03. The van der Waals surface area contributed by atoms with Crippen molar-refractivity contribution in [2.45, 2.75) is 19.1 Å². The van der Waals surface area contributed by atoms with Crippen LogP contribution in [0.2, 0.25) is 0 Å². The van der Waals surface area contributed by atoms with Crippen LogP contribution in [0.25, 0.3) is 0 Å². The van der Waals surface area contributed by atoms with E-state index in [2.05, 4.69) is 17.4 Å². The number of benzene rings is 2. The minimum Gasteiger partial charge on any atom is -0.326 e. The molecule has 0 atom stereocenters. The Hall–Kier alpha value is -1.74. The van der Waals surface area contributed by atoms with Crippen LogP contribution in [0.15, 0.2) is 54.6 Å². The highest BCUT2D eigenvalue weighted by molar-refractivity contribution is 7.98. The van der Waals surface area contributed by atoms with Gasteiger partial charge in [0.2, 0.25) is 5.91 Å². The molecule has 0 bridgehead atoms. The Balaban J connectivity index is 1.66. The fourth-order valence-electron chi connectivity index (χ4n) is 1.79. The Kier molecular flexibility index (Phi) is 5.69. The van der Waals surface area contributed by atoms with Crippen molar-refractivity contribution in [2.24, 2.45) is 0 Å². The number of rotatable bonds is 6. The molecule has 0 spiro atoms. The molecule has 1 N–H and O–H groups in total. The molecular formula is C17H19NOS. The molecule has 3 heteroatoms. The lowest BCUT2D eigenvalue weighted by molar-refractivity contribution is -0.115. The van der Waals surface area contributed by atoms with E-state index in [0.29, 0.717) is 6.42 Å². The standard InChI is InChI=1S/C17H19NOS/c1-14-7-9-16(10-8-14)18-17(19)11-12-20-13-15-5-3-2-4-6-15/h2-10H,11-13H2,1H3,(H,18,19). The maximum Gasteiger partial charge on any atom is 0.225 e. The highest BCUT2D eigenvalue weighted by atomic mass is 32.2. The molecule has 2 nitrogen and oxygen atoms in total. The molecule has 0 aliphatic rings. The average molecular weight is 285 g/mol. The van der Waals surface area contributed by atoms with E-state index in [9.17, 15) is 4.79 Å². The average Bonchev–Trinajstić information content (AvgIpc) is 2.47. The molecule has 0 aliphatic carbocycles. The molecule has 1 amide bonds. The predicted molar refractivity (Wildman–Crippen MR) is 87.0 cm³/mol. The number of anilines is 1. The van der Waals surface area contributed by atoms with Crippen LogP contribution in [0, 0.1) is 6.92 Å². The molecule has 0 saturated heterocycles. The zero-order chi connectivity index (χ0) is 14.2. The number of nitrogens with one attached hydrogen (secondary N) is 1. The third-order valence-corrected chi connectivity index (χ3v) is 3.95. The number of amides is 1. The van der Waals surface area contributed by atoms with Crippen molar-refractivity contribution in [3.05, 3.63) is 65.7 Å². The number of carbonyl (C=O) groups excluding carboxylic acids is 1. The van der Waals surface area contributed by atoms with Crippen molar-refractivity contribution in [2.75, 3.05) is 11.1 Å². The lowest BCUT2D eigenvalue weighted by Gasteiger charge is -2.05. The van der Waals surface area contributed by atoms with E-state index in [-0.39, 0.29) is 5.91 Å². The Morgan fingerprint density at radius 2 is 1.75 bits per heavy atom. The van der Waals surface area contributed by atoms with Gasteiger partial charge in [-0.25, -0.2) is 0 Å². The van der Waals surface area contributed by atoms with Gasteiger partial charge >= 0.3 is 0 Å². The van der Waals surface area contributed by atoms with E-state index in [1.165, 1.54) is 11.1 Å². The summed E-state index contributed by atoms with van der Waals surface area (Å²) < 4.78 is 0. The Bertz CT molecular complexity index is 537. The second-order valence-corrected chi connectivity index (χ2v) is 5.81. The molecule has 2 aromatic rings. The third kappa shape index (κ3) is 5.10. The van der Waals surface area contributed by atoms with Gasteiger partial charge in [-0.1, -0.05) is 48.0 Å². The van der Waals surface area contributed by atoms with Gasteiger partial charge in [0, 0.05) is 23.6 Å². The summed E-state index contributed by atoms with van der Waals surface area (Å²) in [6, 6.07) is 18.2. The van der Waals surface area contributed by atoms with Gasteiger partial charge in [0.1, 0.15) is 0 Å². The quantitative estimate of drug-likeness (QED) is 0.804. The maximum atomic E-state index is 11.8. The van der Waals surface area contributed by atoms with Gasteiger partial charge in [-0.3, -0.25) is 4.79 Å². The first-order valence-corrected chi connectivity index (χ1v) is 7.88. The van der Waals surface area contributed by atoms with Crippen LogP contribution in [0.1, 0.15) is 17.5 Å². The SMILES string of the molecule is Cc1ccc(NC(=O)CCSCc2ccccc2)cc1. The van der Waals surface area contributed by atoms with Crippen LogP contribution in [-0.4, -0.2) is 11.7 Å². The molecule has 0 aromatic heterocycles. The summed E-state index contributed by atoms with van der Waals surface area (Å²) in [5, 5.41) is 2.92. The van der Waals surface area contributed by atoms with Gasteiger partial charge in [0.05, 0.1) is 0 Å². The first-order chi connectivity index (χ1) is 9.74. The molecule has 0 saturated carbocycles. The third-order valence-electron chi connectivity index (χ3n) is 2.92. The number of aryl methyl sites for hydroxylation is 1. The van der Waals surface area contributed by atoms with Gasteiger partial charge in [-0.15, -0.1) is 0 Å². The normalized spacial score (nSPS) is 10.2. The Morgan fingerprint density at radius 3 is 2.45 bits per heavy atom. The van der Waals surface area contributed by atoms with E-state index in [1.54, 1.807) is 11.8 Å². The molecule has 0 heterocycles. The Labute approximate surface area is 124 Å². The fraction of sp³-hybridized carbons (Fsp3) is 0.235. The summed E-state index contributed by atoms with van der Waals surface area (Å²) >= 11 is 1.79. The number of thioether (sulfide) groups is 1. The van der Waals surface area contributed by atoms with Crippen LogP contribution in [0.5, 0.6) is 0 Å². The van der Waals surface area contributed by atoms with Gasteiger partial charge < -0.3 is 5.32 Å². The lowest BCUT2D eigenvalue weighted by Crippen LogP contribution is -2.12. The summed E-state index contributed by atoms with van der Waals surface area (Å²) in [4.78, 5) is 11.8. The van der Waals surface area contributed by atoms with Gasteiger partial charge in [0.15, 0.2) is 0 Å². The zero-order valence-corrected chi connectivity index (χ0v) is 12.5. The van der Waals surface area contributed by atoms with E-state index in [1.807, 2.05) is 49.4 Å². The van der Waals surface area contributed by atoms with Gasteiger partial charge in [0.25, 0.3) is 0 Å². The molecular weight excluding hydrogens is 266 g/mol. The maximum absolute atomic E-state index is 11.8. The van der Waals surface area contributed by atoms with E-state index in [0.717, 1.165) is 17.2 Å². The molecule has 0 aliphatic heterocycles. The highest BCUT2D eigenvalue weighted by Gasteiger charge is 2.02. The summed E-state index contributed by atoms with van der Waals surface area (Å²) in [6.07, 6.45) is 0.547. The van der Waals surface area contributed by atoms with E-state index in [4.69, 9.17) is 0 Å². The van der Waals surface area contributed by atoms with E-state index >= 15 is 0 Å².